The molecule has 9 nitrogen and oxygen atoms in total. The molecule has 0 bridgehead atoms. The third-order valence-electron chi connectivity index (χ3n) is 7.04. The van der Waals surface area contributed by atoms with E-state index in [1.165, 1.54) is 16.9 Å². The van der Waals surface area contributed by atoms with E-state index in [-0.39, 0.29) is 6.10 Å². The molecule has 3 aromatic heterocycles. The van der Waals surface area contributed by atoms with Gasteiger partial charge in [0.25, 0.3) is 0 Å². The first-order valence-electron chi connectivity index (χ1n) is 12.3. The third-order valence-corrected chi connectivity index (χ3v) is 7.98. The van der Waals surface area contributed by atoms with Crippen LogP contribution in [-0.4, -0.2) is 70.5 Å². The first-order valence-corrected chi connectivity index (χ1v) is 13.1. The number of nitrogens with zero attached hydrogens (tertiary/aromatic N) is 5. The molecule has 3 aromatic rings. The summed E-state index contributed by atoms with van der Waals surface area (Å²) in [6.45, 7) is 6.24. The molecule has 1 N–H and O–H groups in total. The van der Waals surface area contributed by atoms with Crippen LogP contribution in [-0.2, 0) is 16.0 Å². The predicted octanol–water partition coefficient (Wildman–Crippen LogP) is 3.91. The highest BCUT2D eigenvalue weighted by Crippen LogP contribution is 2.43. The first kappa shape index (κ1) is 22.8. The first-order chi connectivity index (χ1) is 17.2. The molecule has 10 heteroatoms. The molecule has 0 amide bonds. The molecule has 1 aliphatic carbocycles. The lowest BCUT2D eigenvalue weighted by atomic mass is 9.72. The lowest BCUT2D eigenvalue weighted by Gasteiger charge is -2.45. The Bertz CT molecular complexity index is 1120. The molecule has 3 fully saturated rings. The van der Waals surface area contributed by atoms with Crippen molar-refractivity contribution in [2.45, 2.75) is 38.3 Å². The van der Waals surface area contributed by atoms with E-state index in [4.69, 9.17) is 14.2 Å². The lowest BCUT2D eigenvalue weighted by molar-refractivity contribution is -0.140. The van der Waals surface area contributed by atoms with Crippen LogP contribution in [0.25, 0.3) is 10.6 Å². The van der Waals surface area contributed by atoms with Crippen LogP contribution in [0.5, 0.6) is 6.01 Å². The maximum Gasteiger partial charge on any atom is 0.317 e. The summed E-state index contributed by atoms with van der Waals surface area (Å²) < 4.78 is 17.0. The zero-order valence-corrected chi connectivity index (χ0v) is 20.5. The summed E-state index contributed by atoms with van der Waals surface area (Å²) in [4.78, 5) is 21.4. The monoisotopic (exact) mass is 494 g/mol. The molecule has 2 saturated heterocycles. The third kappa shape index (κ3) is 5.45. The van der Waals surface area contributed by atoms with E-state index in [1.54, 1.807) is 6.20 Å². The Kier molecular flexibility index (Phi) is 6.60. The van der Waals surface area contributed by atoms with Gasteiger partial charge in [0.1, 0.15) is 11.9 Å². The van der Waals surface area contributed by atoms with Gasteiger partial charge in [0.05, 0.1) is 37.0 Å². The van der Waals surface area contributed by atoms with Crippen LogP contribution in [0.2, 0.25) is 0 Å². The van der Waals surface area contributed by atoms with Crippen LogP contribution >= 0.6 is 11.3 Å². The highest BCUT2D eigenvalue weighted by Gasteiger charge is 2.42. The zero-order chi connectivity index (χ0) is 23.5. The molecule has 5 heterocycles. The van der Waals surface area contributed by atoms with Crippen molar-refractivity contribution in [2.75, 3.05) is 44.8 Å². The van der Waals surface area contributed by atoms with Crippen LogP contribution in [0, 0.1) is 5.41 Å². The maximum absolute atomic E-state index is 6.13. The van der Waals surface area contributed by atoms with Crippen molar-refractivity contribution < 1.29 is 14.2 Å². The van der Waals surface area contributed by atoms with E-state index in [2.05, 4.69) is 36.2 Å². The van der Waals surface area contributed by atoms with Crippen LogP contribution < -0.4 is 10.1 Å². The maximum atomic E-state index is 6.13. The fraction of sp³-hybridized carbons (Fsp3) is 0.520. The minimum Gasteiger partial charge on any atom is -0.460 e. The van der Waals surface area contributed by atoms with E-state index in [0.29, 0.717) is 11.4 Å². The molecular formula is C25H30N6O3S. The van der Waals surface area contributed by atoms with Gasteiger partial charge in [0.15, 0.2) is 5.13 Å². The number of hydrogen-bond acceptors (Lipinski definition) is 10. The van der Waals surface area contributed by atoms with Gasteiger partial charge in [0.2, 0.25) is 0 Å². The Morgan fingerprint density at radius 2 is 1.89 bits per heavy atom. The SMILES string of the molecule is c1cc(-c2cnc(Nc3ccc(CN4CCOCC4)cn3)s2)nc(OC2CCC3(CC2)COC3)n1. The molecule has 0 aromatic carbocycles. The number of rotatable bonds is 7. The number of aromatic nitrogens is 4. The summed E-state index contributed by atoms with van der Waals surface area (Å²) in [6, 6.07) is 6.44. The Morgan fingerprint density at radius 1 is 1.03 bits per heavy atom. The van der Waals surface area contributed by atoms with Crippen molar-refractivity contribution >= 4 is 22.3 Å². The summed E-state index contributed by atoms with van der Waals surface area (Å²) in [7, 11) is 0. The number of morpholine rings is 1. The van der Waals surface area contributed by atoms with Gasteiger partial charge in [-0.3, -0.25) is 4.90 Å². The van der Waals surface area contributed by atoms with E-state index in [9.17, 15) is 0 Å². The Balaban J connectivity index is 1.05. The van der Waals surface area contributed by atoms with E-state index >= 15 is 0 Å². The van der Waals surface area contributed by atoms with Crippen molar-refractivity contribution in [3.05, 3.63) is 42.4 Å². The molecule has 3 aliphatic rings. The van der Waals surface area contributed by atoms with Crippen molar-refractivity contribution in [1.29, 1.82) is 0 Å². The summed E-state index contributed by atoms with van der Waals surface area (Å²) in [6.07, 6.45) is 10.1. The molecule has 35 heavy (non-hydrogen) atoms. The Morgan fingerprint density at radius 3 is 2.63 bits per heavy atom. The van der Waals surface area contributed by atoms with Crippen LogP contribution in [0.15, 0.2) is 36.8 Å². The molecule has 184 valence electrons. The van der Waals surface area contributed by atoms with Crippen molar-refractivity contribution in [2.24, 2.45) is 5.41 Å². The van der Waals surface area contributed by atoms with Crippen LogP contribution in [0.3, 0.4) is 0 Å². The average molecular weight is 495 g/mol. The molecule has 1 saturated carbocycles. The molecule has 1 spiro atoms. The number of nitrogens with one attached hydrogen (secondary N) is 1. The number of ether oxygens (including phenoxy) is 3. The summed E-state index contributed by atoms with van der Waals surface area (Å²) in [5, 5.41) is 4.07. The highest BCUT2D eigenvalue weighted by atomic mass is 32.1. The normalized spacial score (nSPS) is 20.5. The highest BCUT2D eigenvalue weighted by molar-refractivity contribution is 7.18. The molecule has 0 unspecified atom stereocenters. The predicted molar refractivity (Wildman–Crippen MR) is 133 cm³/mol. The average Bonchev–Trinajstić information content (AvgIpc) is 3.34. The quantitative estimate of drug-likeness (QED) is 0.525. The van der Waals surface area contributed by atoms with Crippen LogP contribution in [0.1, 0.15) is 31.2 Å². The Hall–Kier alpha value is -2.66. The van der Waals surface area contributed by atoms with Gasteiger partial charge in [-0.05, 0) is 43.4 Å². The standard InChI is InChI=1S/C25H30N6O3S/c1-2-22(27-13-18(1)15-31-9-11-32-12-10-31)30-24-28-14-21(35-24)20-5-8-26-23(29-20)34-19-3-6-25(7-4-19)16-33-17-25/h1-2,5,8,13-14,19H,3-4,6-7,9-12,15-17H2,(H,27,28,30). The van der Waals surface area contributed by atoms with E-state index < -0.39 is 0 Å². The number of thiazole rings is 1. The molecule has 2 aliphatic heterocycles. The number of hydrogen-bond donors (Lipinski definition) is 1. The largest absolute Gasteiger partial charge is 0.460 e. The molecule has 0 atom stereocenters. The summed E-state index contributed by atoms with van der Waals surface area (Å²) in [5.41, 5.74) is 2.42. The van der Waals surface area contributed by atoms with E-state index in [1.807, 2.05) is 24.5 Å². The molecule has 6 rings (SSSR count). The smallest absolute Gasteiger partial charge is 0.317 e. The van der Waals surface area contributed by atoms with Gasteiger partial charge in [-0.1, -0.05) is 17.4 Å². The second kappa shape index (κ2) is 10.1. The Labute approximate surface area is 208 Å². The summed E-state index contributed by atoms with van der Waals surface area (Å²) in [5.74, 6) is 0.773. The number of anilines is 2. The number of pyridine rings is 1. The fourth-order valence-electron chi connectivity index (χ4n) is 4.85. The second-order valence-electron chi connectivity index (χ2n) is 9.63. The van der Waals surface area contributed by atoms with Gasteiger partial charge in [-0.2, -0.15) is 4.98 Å². The van der Waals surface area contributed by atoms with Gasteiger partial charge in [-0.25, -0.2) is 15.0 Å². The van der Waals surface area contributed by atoms with Gasteiger partial charge in [0, 0.05) is 43.6 Å². The minimum atomic E-state index is 0.174. The lowest BCUT2D eigenvalue weighted by Crippen LogP contribution is -2.46. The van der Waals surface area contributed by atoms with Crippen LogP contribution in [0.4, 0.5) is 10.9 Å². The topological polar surface area (TPSA) is 94.5 Å². The second-order valence-corrected chi connectivity index (χ2v) is 10.7. The van der Waals surface area contributed by atoms with Crippen molar-refractivity contribution in [3.63, 3.8) is 0 Å². The van der Waals surface area contributed by atoms with Gasteiger partial charge < -0.3 is 19.5 Å². The zero-order valence-electron chi connectivity index (χ0n) is 19.7. The molecule has 0 radical (unpaired) electrons. The van der Waals surface area contributed by atoms with Gasteiger partial charge >= 0.3 is 6.01 Å². The van der Waals surface area contributed by atoms with Crippen molar-refractivity contribution in [3.8, 4) is 16.6 Å². The van der Waals surface area contributed by atoms with Gasteiger partial charge in [-0.15, -0.1) is 0 Å². The molecular weight excluding hydrogens is 464 g/mol. The fourth-order valence-corrected chi connectivity index (χ4v) is 5.65. The van der Waals surface area contributed by atoms with E-state index in [0.717, 1.165) is 93.3 Å². The van der Waals surface area contributed by atoms with Crippen molar-refractivity contribution in [1.82, 2.24) is 24.8 Å². The summed E-state index contributed by atoms with van der Waals surface area (Å²) >= 11 is 1.53. The minimum absolute atomic E-state index is 0.174.